The van der Waals surface area contributed by atoms with Crippen LogP contribution >= 0.6 is 0 Å². The highest BCUT2D eigenvalue weighted by atomic mass is 16.5. The summed E-state index contributed by atoms with van der Waals surface area (Å²) in [5, 5.41) is 8.98. The number of nitrogens with zero attached hydrogens (tertiary/aromatic N) is 1. The van der Waals surface area contributed by atoms with E-state index in [1.54, 1.807) is 6.07 Å². The van der Waals surface area contributed by atoms with Crippen molar-refractivity contribution in [3.63, 3.8) is 0 Å². The fourth-order valence-electron chi connectivity index (χ4n) is 1.97. The number of hydrogen-bond acceptors (Lipinski definition) is 4. The number of nitrogens with two attached hydrogens (primary N) is 1. The van der Waals surface area contributed by atoms with E-state index in [4.69, 9.17) is 15.6 Å². The minimum absolute atomic E-state index is 0.0211. The molecule has 3 N–H and O–H groups in total. The zero-order chi connectivity index (χ0) is 12.3. The van der Waals surface area contributed by atoms with Gasteiger partial charge in [-0.3, -0.25) is 0 Å². The van der Waals surface area contributed by atoms with E-state index in [1.165, 1.54) is 12.3 Å². The Labute approximate surface area is 99.6 Å². The predicted molar refractivity (Wildman–Crippen MR) is 62.0 cm³/mol. The molecule has 0 amide bonds. The Kier molecular flexibility index (Phi) is 3.28. The van der Waals surface area contributed by atoms with Crippen LogP contribution in [0.2, 0.25) is 0 Å². The van der Waals surface area contributed by atoms with E-state index < -0.39 is 5.97 Å². The second-order valence-corrected chi connectivity index (χ2v) is 4.51. The quantitative estimate of drug-likeness (QED) is 0.804. The molecule has 5 nitrogen and oxygen atoms in total. The van der Waals surface area contributed by atoms with Crippen molar-refractivity contribution in [3.8, 4) is 5.88 Å². The van der Waals surface area contributed by atoms with Crippen molar-refractivity contribution in [1.29, 1.82) is 0 Å². The number of hydrogen-bond donors (Lipinski definition) is 2. The van der Waals surface area contributed by atoms with E-state index >= 15 is 0 Å². The van der Waals surface area contributed by atoms with Gasteiger partial charge in [0.25, 0.3) is 0 Å². The number of carboxylic acids is 1. The van der Waals surface area contributed by atoms with Crippen LogP contribution in [0.5, 0.6) is 5.88 Å². The summed E-state index contributed by atoms with van der Waals surface area (Å²) in [6.45, 7) is 1.02. The summed E-state index contributed by atoms with van der Waals surface area (Å²) in [6.07, 6.45) is 4.77. The van der Waals surface area contributed by atoms with Crippen LogP contribution in [0.3, 0.4) is 0 Å². The summed E-state index contributed by atoms with van der Waals surface area (Å²) in [6, 6.07) is 3.07. The Balaban J connectivity index is 2.06. The standard InChI is InChI=1S/C12H16N2O3/c13-7-12(4-2-5-12)8-17-10-9(11(15)16)3-1-6-14-10/h1,3,6H,2,4-5,7-8,13H2,(H,15,16). The molecular weight excluding hydrogens is 220 g/mol. The molecule has 1 aromatic heterocycles. The van der Waals surface area contributed by atoms with Crippen molar-refractivity contribution < 1.29 is 14.6 Å². The number of ether oxygens (including phenoxy) is 1. The normalized spacial score (nSPS) is 17.2. The first-order chi connectivity index (χ1) is 8.17. The van der Waals surface area contributed by atoms with Gasteiger partial charge in [0.1, 0.15) is 5.56 Å². The van der Waals surface area contributed by atoms with Crippen LogP contribution in [-0.4, -0.2) is 29.2 Å². The lowest BCUT2D eigenvalue weighted by atomic mass is 9.69. The van der Waals surface area contributed by atoms with Gasteiger partial charge in [0.15, 0.2) is 0 Å². The van der Waals surface area contributed by atoms with Crippen molar-refractivity contribution >= 4 is 5.97 Å². The van der Waals surface area contributed by atoms with Gasteiger partial charge < -0.3 is 15.6 Å². The van der Waals surface area contributed by atoms with Gasteiger partial charge in [-0.05, 0) is 25.0 Å². The predicted octanol–water partition coefficient (Wildman–Crippen LogP) is 1.29. The van der Waals surface area contributed by atoms with Gasteiger partial charge in [0.2, 0.25) is 5.88 Å². The highest BCUT2D eigenvalue weighted by Gasteiger charge is 2.36. The van der Waals surface area contributed by atoms with Crippen LogP contribution < -0.4 is 10.5 Å². The highest BCUT2D eigenvalue weighted by molar-refractivity contribution is 5.90. The van der Waals surface area contributed by atoms with E-state index in [0.29, 0.717) is 13.2 Å². The smallest absolute Gasteiger partial charge is 0.341 e. The molecule has 0 bridgehead atoms. The number of carbonyl (C=O) groups is 1. The zero-order valence-corrected chi connectivity index (χ0v) is 9.56. The fraction of sp³-hybridized carbons (Fsp3) is 0.500. The van der Waals surface area contributed by atoms with Crippen molar-refractivity contribution in [1.82, 2.24) is 4.98 Å². The van der Waals surface area contributed by atoms with Gasteiger partial charge in [-0.25, -0.2) is 9.78 Å². The number of rotatable bonds is 5. The molecule has 92 valence electrons. The summed E-state index contributed by atoms with van der Waals surface area (Å²) >= 11 is 0. The third kappa shape index (κ3) is 2.39. The Morgan fingerprint density at radius 1 is 1.59 bits per heavy atom. The maximum Gasteiger partial charge on any atom is 0.341 e. The van der Waals surface area contributed by atoms with Crippen LogP contribution in [0.1, 0.15) is 29.6 Å². The number of pyridine rings is 1. The molecule has 1 saturated carbocycles. The molecule has 1 aliphatic rings. The Hall–Kier alpha value is -1.62. The first-order valence-electron chi connectivity index (χ1n) is 5.68. The minimum atomic E-state index is -1.02. The lowest BCUT2D eigenvalue weighted by Crippen LogP contribution is -2.42. The average molecular weight is 236 g/mol. The van der Waals surface area contributed by atoms with Gasteiger partial charge in [-0.15, -0.1) is 0 Å². The van der Waals surface area contributed by atoms with Crippen LogP contribution in [-0.2, 0) is 0 Å². The van der Waals surface area contributed by atoms with Crippen LogP contribution in [0.15, 0.2) is 18.3 Å². The van der Waals surface area contributed by atoms with Gasteiger partial charge in [0, 0.05) is 18.2 Å². The third-order valence-electron chi connectivity index (χ3n) is 3.36. The molecule has 1 fully saturated rings. The zero-order valence-electron chi connectivity index (χ0n) is 9.56. The molecule has 5 heteroatoms. The summed E-state index contributed by atoms with van der Waals surface area (Å²) in [5.74, 6) is -0.844. The van der Waals surface area contributed by atoms with Gasteiger partial charge >= 0.3 is 5.97 Å². The fourth-order valence-corrected chi connectivity index (χ4v) is 1.97. The highest BCUT2D eigenvalue weighted by Crippen LogP contribution is 2.40. The maximum absolute atomic E-state index is 11.0. The molecule has 0 radical (unpaired) electrons. The minimum Gasteiger partial charge on any atom is -0.477 e. The van der Waals surface area contributed by atoms with Crippen LogP contribution in [0.4, 0.5) is 0 Å². The molecular formula is C12H16N2O3. The molecule has 1 heterocycles. The first-order valence-corrected chi connectivity index (χ1v) is 5.68. The molecule has 0 aromatic carbocycles. The monoisotopic (exact) mass is 236 g/mol. The van der Waals surface area contributed by atoms with Crippen molar-refractivity contribution in [2.24, 2.45) is 11.1 Å². The topological polar surface area (TPSA) is 85.4 Å². The van der Waals surface area contributed by atoms with Gasteiger partial charge in [-0.2, -0.15) is 0 Å². The van der Waals surface area contributed by atoms with Crippen LogP contribution in [0.25, 0.3) is 0 Å². The molecule has 2 rings (SSSR count). The second-order valence-electron chi connectivity index (χ2n) is 4.51. The maximum atomic E-state index is 11.0. The molecule has 0 aliphatic heterocycles. The van der Waals surface area contributed by atoms with E-state index in [-0.39, 0.29) is 16.9 Å². The molecule has 0 atom stereocenters. The third-order valence-corrected chi connectivity index (χ3v) is 3.36. The molecule has 1 aliphatic carbocycles. The molecule has 0 saturated heterocycles. The van der Waals surface area contributed by atoms with E-state index in [1.807, 2.05) is 0 Å². The Morgan fingerprint density at radius 3 is 2.88 bits per heavy atom. The first kappa shape index (κ1) is 11.9. The SMILES string of the molecule is NCC1(COc2ncccc2C(=O)O)CCC1. The lowest BCUT2D eigenvalue weighted by molar-refractivity contribution is 0.0593. The van der Waals surface area contributed by atoms with E-state index in [0.717, 1.165) is 19.3 Å². The molecule has 1 aromatic rings. The Morgan fingerprint density at radius 2 is 2.35 bits per heavy atom. The summed E-state index contributed by atoms with van der Waals surface area (Å²) in [5.41, 5.74) is 5.83. The van der Waals surface area contributed by atoms with Gasteiger partial charge in [0.05, 0.1) is 6.61 Å². The molecule has 17 heavy (non-hydrogen) atoms. The van der Waals surface area contributed by atoms with E-state index in [9.17, 15) is 4.79 Å². The van der Waals surface area contributed by atoms with Crippen molar-refractivity contribution in [2.75, 3.05) is 13.2 Å². The van der Waals surface area contributed by atoms with Crippen LogP contribution in [0, 0.1) is 5.41 Å². The average Bonchev–Trinajstić information content (AvgIpc) is 2.28. The van der Waals surface area contributed by atoms with E-state index in [2.05, 4.69) is 4.98 Å². The second kappa shape index (κ2) is 4.71. The summed E-state index contributed by atoms with van der Waals surface area (Å²) in [4.78, 5) is 14.9. The number of aromatic carboxylic acids is 1. The lowest BCUT2D eigenvalue weighted by Gasteiger charge is -2.40. The summed E-state index contributed by atoms with van der Waals surface area (Å²) in [7, 11) is 0. The van der Waals surface area contributed by atoms with Crippen molar-refractivity contribution in [2.45, 2.75) is 19.3 Å². The number of carboxylic acid groups (broad SMARTS) is 1. The van der Waals surface area contributed by atoms with Crippen molar-refractivity contribution in [3.05, 3.63) is 23.9 Å². The Bertz CT molecular complexity index is 410. The molecule has 0 spiro atoms. The largest absolute Gasteiger partial charge is 0.477 e. The van der Waals surface area contributed by atoms with Gasteiger partial charge in [-0.1, -0.05) is 6.42 Å². The number of aromatic nitrogens is 1. The molecule has 0 unspecified atom stereocenters. The summed E-state index contributed by atoms with van der Waals surface area (Å²) < 4.78 is 5.52.